The second kappa shape index (κ2) is 7.76. The highest BCUT2D eigenvalue weighted by atomic mass is 32.2. The van der Waals surface area contributed by atoms with Crippen molar-refractivity contribution in [1.29, 1.82) is 0 Å². The van der Waals surface area contributed by atoms with Gasteiger partial charge in [0.15, 0.2) is 16.3 Å². The number of rotatable bonds is 5. The first-order chi connectivity index (χ1) is 12.2. The maximum absolute atomic E-state index is 12.9. The summed E-state index contributed by atoms with van der Waals surface area (Å²) in [6.07, 6.45) is 1.79. The summed E-state index contributed by atoms with van der Waals surface area (Å²) in [7, 11) is 1.74. The van der Waals surface area contributed by atoms with Crippen molar-refractivity contribution in [2.45, 2.75) is 18.6 Å². The lowest BCUT2D eigenvalue weighted by Gasteiger charge is -2.28. The largest absolute Gasteiger partial charge is 0.340 e. The van der Waals surface area contributed by atoms with Crippen LogP contribution in [0.1, 0.15) is 6.92 Å². The number of aromatic nitrogens is 4. The summed E-state index contributed by atoms with van der Waals surface area (Å²) in [6.45, 7) is 9.44. The number of fused-ring (bicyclic) bond motifs is 1. The lowest BCUT2D eigenvalue weighted by molar-refractivity contribution is 0.573. The minimum absolute atomic E-state index is 0.0941. The minimum atomic E-state index is -0.0941. The van der Waals surface area contributed by atoms with Gasteiger partial charge in [0.05, 0.1) is 6.54 Å². The van der Waals surface area contributed by atoms with Gasteiger partial charge in [-0.2, -0.15) is 4.98 Å². The van der Waals surface area contributed by atoms with E-state index < -0.39 is 0 Å². The Morgan fingerprint density at radius 3 is 2.80 bits per heavy atom. The van der Waals surface area contributed by atoms with Crippen LogP contribution in [-0.4, -0.2) is 51.0 Å². The van der Waals surface area contributed by atoms with Crippen molar-refractivity contribution >= 4 is 28.9 Å². The second-order valence-electron chi connectivity index (χ2n) is 5.69. The van der Waals surface area contributed by atoms with E-state index in [-0.39, 0.29) is 5.56 Å². The van der Waals surface area contributed by atoms with Crippen LogP contribution in [0.2, 0.25) is 0 Å². The van der Waals surface area contributed by atoms with Crippen LogP contribution < -0.4 is 15.8 Å². The summed E-state index contributed by atoms with van der Waals surface area (Å²) in [5, 5.41) is 3.98. The lowest BCUT2D eigenvalue weighted by atomic mass is 10.4. The Morgan fingerprint density at radius 1 is 1.36 bits per heavy atom. The molecular formula is C17H22N6OS. The van der Waals surface area contributed by atoms with E-state index in [0.717, 1.165) is 32.1 Å². The molecule has 3 heterocycles. The Bertz CT molecular complexity index is 898. The number of anilines is 1. The summed E-state index contributed by atoms with van der Waals surface area (Å²) in [6, 6.07) is 0. The monoisotopic (exact) mass is 358 g/mol. The molecule has 0 unspecified atom stereocenters. The standard InChI is InChI=1S/C17H22N6OS/c1-4-6-9-23-13-14(19-16(23)22-10-7-18-8-11-22)20-17(25-12-5-2)21(3)15(13)24/h5,18H,2,7-12H2,1,3H3. The normalized spacial score (nSPS) is 14.4. The molecule has 7 nitrogen and oxygen atoms in total. The van der Waals surface area contributed by atoms with Crippen molar-refractivity contribution in [1.82, 2.24) is 24.4 Å². The van der Waals surface area contributed by atoms with Crippen LogP contribution in [0.3, 0.4) is 0 Å². The predicted octanol–water partition coefficient (Wildman–Crippen LogP) is 0.841. The molecule has 3 rings (SSSR count). The van der Waals surface area contributed by atoms with Crippen LogP contribution in [0, 0.1) is 11.8 Å². The molecule has 1 aliphatic heterocycles. The highest BCUT2D eigenvalue weighted by molar-refractivity contribution is 7.99. The summed E-state index contributed by atoms with van der Waals surface area (Å²) in [5.41, 5.74) is 0.909. The number of hydrogen-bond donors (Lipinski definition) is 1. The van der Waals surface area contributed by atoms with E-state index >= 15 is 0 Å². The molecule has 0 atom stereocenters. The minimum Gasteiger partial charge on any atom is -0.340 e. The van der Waals surface area contributed by atoms with Crippen molar-refractivity contribution in [3.05, 3.63) is 23.0 Å². The highest BCUT2D eigenvalue weighted by Gasteiger charge is 2.22. The van der Waals surface area contributed by atoms with E-state index in [0.29, 0.717) is 28.6 Å². The second-order valence-corrected chi connectivity index (χ2v) is 6.68. The molecule has 0 bridgehead atoms. The van der Waals surface area contributed by atoms with Gasteiger partial charge in [-0.1, -0.05) is 23.8 Å². The molecule has 2 aromatic rings. The zero-order chi connectivity index (χ0) is 17.8. The maximum Gasteiger partial charge on any atom is 0.280 e. The highest BCUT2D eigenvalue weighted by Crippen LogP contribution is 2.22. The van der Waals surface area contributed by atoms with E-state index in [1.165, 1.54) is 11.8 Å². The average Bonchev–Trinajstić information content (AvgIpc) is 3.01. The molecule has 2 aromatic heterocycles. The third-order valence-corrected chi connectivity index (χ3v) is 5.09. The molecule has 0 radical (unpaired) electrons. The van der Waals surface area contributed by atoms with E-state index in [1.54, 1.807) is 24.6 Å². The van der Waals surface area contributed by atoms with Gasteiger partial charge in [0.2, 0.25) is 5.95 Å². The topological polar surface area (TPSA) is 68.0 Å². The van der Waals surface area contributed by atoms with Crippen LogP contribution in [0.5, 0.6) is 0 Å². The van der Waals surface area contributed by atoms with Gasteiger partial charge in [-0.25, -0.2) is 4.98 Å². The van der Waals surface area contributed by atoms with E-state index in [4.69, 9.17) is 0 Å². The van der Waals surface area contributed by atoms with Gasteiger partial charge < -0.3 is 10.2 Å². The molecule has 1 saturated heterocycles. The molecule has 0 aliphatic carbocycles. The first-order valence-corrected chi connectivity index (χ1v) is 9.22. The van der Waals surface area contributed by atoms with Gasteiger partial charge in [0.1, 0.15) is 0 Å². The smallest absolute Gasteiger partial charge is 0.280 e. The SMILES string of the molecule is C=CCSc1nc2nc(N3CCNCC3)n(CC#CC)c2c(=O)n1C. The van der Waals surface area contributed by atoms with Gasteiger partial charge in [0, 0.05) is 39.0 Å². The fraction of sp³-hybridized carbons (Fsp3) is 0.471. The fourth-order valence-electron chi connectivity index (χ4n) is 2.81. The summed E-state index contributed by atoms with van der Waals surface area (Å²) in [4.78, 5) is 24.4. The van der Waals surface area contributed by atoms with Gasteiger partial charge in [-0.15, -0.1) is 12.5 Å². The predicted molar refractivity (Wildman–Crippen MR) is 102 cm³/mol. The molecule has 0 aromatic carbocycles. The van der Waals surface area contributed by atoms with Crippen molar-refractivity contribution in [2.24, 2.45) is 7.05 Å². The van der Waals surface area contributed by atoms with Crippen molar-refractivity contribution < 1.29 is 0 Å². The Morgan fingerprint density at radius 2 is 2.12 bits per heavy atom. The van der Waals surface area contributed by atoms with Gasteiger partial charge >= 0.3 is 0 Å². The number of thioether (sulfide) groups is 1. The Hall–Kier alpha value is -2.24. The Labute approximate surface area is 151 Å². The maximum atomic E-state index is 12.9. The number of hydrogen-bond acceptors (Lipinski definition) is 6. The van der Waals surface area contributed by atoms with E-state index in [9.17, 15) is 4.79 Å². The average molecular weight is 358 g/mol. The number of nitrogens with one attached hydrogen (secondary N) is 1. The number of imidazole rings is 1. The number of piperazine rings is 1. The van der Waals surface area contributed by atoms with Crippen molar-refractivity contribution in [3.63, 3.8) is 0 Å². The zero-order valence-corrected chi connectivity index (χ0v) is 15.4. The molecule has 1 aliphatic rings. The first kappa shape index (κ1) is 17.6. The van der Waals surface area contributed by atoms with Crippen LogP contribution in [-0.2, 0) is 13.6 Å². The summed E-state index contributed by atoms with van der Waals surface area (Å²) >= 11 is 1.48. The third kappa shape index (κ3) is 3.43. The molecule has 1 fully saturated rings. The molecular weight excluding hydrogens is 336 g/mol. The summed E-state index contributed by atoms with van der Waals surface area (Å²) in [5.74, 6) is 7.42. The molecule has 25 heavy (non-hydrogen) atoms. The molecule has 0 saturated carbocycles. The van der Waals surface area contributed by atoms with E-state index in [1.807, 2.05) is 4.57 Å². The Kier molecular flexibility index (Phi) is 5.46. The van der Waals surface area contributed by atoms with Crippen LogP contribution in [0.15, 0.2) is 22.6 Å². The van der Waals surface area contributed by atoms with Gasteiger partial charge in [0.25, 0.3) is 5.56 Å². The molecule has 1 N–H and O–H groups in total. The summed E-state index contributed by atoms with van der Waals surface area (Å²) < 4.78 is 3.48. The lowest BCUT2D eigenvalue weighted by Crippen LogP contribution is -2.44. The zero-order valence-electron chi connectivity index (χ0n) is 14.6. The van der Waals surface area contributed by atoms with Crippen LogP contribution >= 0.6 is 11.8 Å². The van der Waals surface area contributed by atoms with Crippen LogP contribution in [0.25, 0.3) is 11.2 Å². The molecule has 132 valence electrons. The fourth-order valence-corrected chi connectivity index (χ4v) is 3.50. The quantitative estimate of drug-likeness (QED) is 0.370. The van der Waals surface area contributed by atoms with Gasteiger partial charge in [-0.05, 0) is 6.92 Å². The molecule has 0 spiro atoms. The Balaban J connectivity index is 2.17. The first-order valence-electron chi connectivity index (χ1n) is 8.23. The van der Waals surface area contributed by atoms with E-state index in [2.05, 4.69) is 38.6 Å². The third-order valence-electron chi connectivity index (χ3n) is 4.07. The van der Waals surface area contributed by atoms with Gasteiger partial charge in [-0.3, -0.25) is 13.9 Å². The molecule has 0 amide bonds. The number of nitrogens with zero attached hydrogens (tertiary/aromatic N) is 5. The van der Waals surface area contributed by atoms with Crippen LogP contribution in [0.4, 0.5) is 5.95 Å². The van der Waals surface area contributed by atoms with Crippen molar-refractivity contribution in [2.75, 3.05) is 36.8 Å². The van der Waals surface area contributed by atoms with Crippen molar-refractivity contribution in [3.8, 4) is 11.8 Å². The molecule has 8 heteroatoms.